The highest BCUT2D eigenvalue weighted by Crippen LogP contribution is 2.05. The zero-order valence-electron chi connectivity index (χ0n) is 9.92. The number of rotatable bonds is 5. The van der Waals surface area contributed by atoms with E-state index in [2.05, 4.69) is 10.3 Å². The third-order valence-corrected chi connectivity index (χ3v) is 2.05. The van der Waals surface area contributed by atoms with Gasteiger partial charge >= 0.3 is 0 Å². The first-order valence-electron chi connectivity index (χ1n) is 5.25. The predicted molar refractivity (Wildman–Crippen MR) is 62.8 cm³/mol. The fourth-order valence-corrected chi connectivity index (χ4v) is 1.31. The van der Waals surface area contributed by atoms with E-state index in [4.69, 9.17) is 5.11 Å². The van der Waals surface area contributed by atoms with Crippen LogP contribution in [-0.4, -0.2) is 59.3 Å². The quantitative estimate of drug-likeness (QED) is 0.641. The molecule has 94 valence electrons. The molecule has 1 unspecified atom stereocenters. The van der Waals surface area contributed by atoms with Gasteiger partial charge in [0.25, 0.3) is 5.91 Å². The first-order chi connectivity index (χ1) is 7.99. The lowest BCUT2D eigenvalue weighted by atomic mass is 10.3. The van der Waals surface area contributed by atoms with Gasteiger partial charge in [-0.05, 0) is 26.2 Å². The lowest BCUT2D eigenvalue weighted by molar-refractivity contribution is 0.0887. The molecular formula is C11H17N3O3. The summed E-state index contributed by atoms with van der Waals surface area (Å²) < 4.78 is 0. The van der Waals surface area contributed by atoms with Gasteiger partial charge in [-0.3, -0.25) is 4.79 Å². The molecule has 0 saturated heterocycles. The lowest BCUT2D eigenvalue weighted by Crippen LogP contribution is -2.37. The van der Waals surface area contributed by atoms with Gasteiger partial charge in [-0.2, -0.15) is 0 Å². The summed E-state index contributed by atoms with van der Waals surface area (Å²) in [6, 6.07) is 2.81. The molecule has 0 saturated carbocycles. The Bertz CT molecular complexity index is 365. The standard InChI is InChI=1S/C11H17N3O3/c1-14(2)7-9(16)6-13-11(17)10-4-3-8(15)5-12-10/h3-5,9,15-16H,6-7H2,1-2H3,(H,13,17). The largest absolute Gasteiger partial charge is 0.506 e. The van der Waals surface area contributed by atoms with Gasteiger partial charge < -0.3 is 20.4 Å². The number of carbonyl (C=O) groups excluding carboxylic acids is 1. The van der Waals surface area contributed by atoms with Crippen molar-refractivity contribution in [1.82, 2.24) is 15.2 Å². The van der Waals surface area contributed by atoms with Crippen LogP contribution in [0.25, 0.3) is 0 Å². The molecule has 1 amide bonds. The molecule has 0 aliphatic rings. The van der Waals surface area contributed by atoms with Gasteiger partial charge in [-0.25, -0.2) is 4.98 Å². The molecule has 0 aromatic carbocycles. The maximum absolute atomic E-state index is 11.6. The van der Waals surface area contributed by atoms with Crippen molar-refractivity contribution in [3.63, 3.8) is 0 Å². The van der Waals surface area contributed by atoms with Crippen molar-refractivity contribution in [2.75, 3.05) is 27.2 Å². The number of aliphatic hydroxyl groups is 1. The van der Waals surface area contributed by atoms with Crippen LogP contribution in [0.15, 0.2) is 18.3 Å². The Hall–Kier alpha value is -1.66. The number of amides is 1. The van der Waals surface area contributed by atoms with Crippen LogP contribution in [0.5, 0.6) is 5.75 Å². The summed E-state index contributed by atoms with van der Waals surface area (Å²) in [5, 5.41) is 21.1. The molecule has 1 aromatic heterocycles. The van der Waals surface area contributed by atoms with Crippen molar-refractivity contribution in [1.29, 1.82) is 0 Å². The Balaban J connectivity index is 2.42. The van der Waals surface area contributed by atoms with Crippen LogP contribution in [0.1, 0.15) is 10.5 Å². The molecule has 1 atom stereocenters. The molecule has 1 rings (SSSR count). The predicted octanol–water partition coefficient (Wildman–Crippen LogP) is -0.561. The van der Waals surface area contributed by atoms with E-state index in [9.17, 15) is 9.90 Å². The molecule has 1 aromatic rings. The smallest absolute Gasteiger partial charge is 0.269 e. The highest BCUT2D eigenvalue weighted by Gasteiger charge is 2.10. The van der Waals surface area contributed by atoms with Crippen molar-refractivity contribution in [3.8, 4) is 5.75 Å². The minimum Gasteiger partial charge on any atom is -0.506 e. The fraction of sp³-hybridized carbons (Fsp3) is 0.455. The van der Waals surface area contributed by atoms with Gasteiger partial charge in [0, 0.05) is 13.1 Å². The van der Waals surface area contributed by atoms with E-state index >= 15 is 0 Å². The van der Waals surface area contributed by atoms with Gasteiger partial charge in [-0.1, -0.05) is 0 Å². The van der Waals surface area contributed by atoms with Crippen molar-refractivity contribution in [2.45, 2.75) is 6.10 Å². The lowest BCUT2D eigenvalue weighted by Gasteiger charge is -2.16. The molecule has 17 heavy (non-hydrogen) atoms. The number of aliphatic hydroxyl groups excluding tert-OH is 1. The third kappa shape index (κ3) is 4.80. The monoisotopic (exact) mass is 239 g/mol. The summed E-state index contributed by atoms with van der Waals surface area (Å²) in [6.07, 6.45) is 0.580. The van der Waals surface area contributed by atoms with Crippen LogP contribution < -0.4 is 5.32 Å². The maximum atomic E-state index is 11.6. The van der Waals surface area contributed by atoms with E-state index in [1.807, 2.05) is 19.0 Å². The van der Waals surface area contributed by atoms with E-state index in [-0.39, 0.29) is 23.9 Å². The minimum atomic E-state index is -0.619. The molecule has 6 nitrogen and oxygen atoms in total. The molecule has 0 aliphatic carbocycles. The van der Waals surface area contributed by atoms with Gasteiger partial charge in [0.1, 0.15) is 11.4 Å². The average molecular weight is 239 g/mol. The first kappa shape index (κ1) is 13.4. The highest BCUT2D eigenvalue weighted by atomic mass is 16.3. The molecule has 6 heteroatoms. The molecular weight excluding hydrogens is 222 g/mol. The van der Waals surface area contributed by atoms with Gasteiger partial charge in [0.2, 0.25) is 0 Å². The highest BCUT2D eigenvalue weighted by molar-refractivity contribution is 5.92. The number of aromatic hydroxyl groups is 1. The Morgan fingerprint density at radius 3 is 2.76 bits per heavy atom. The topological polar surface area (TPSA) is 85.7 Å². The number of pyridine rings is 1. The molecule has 0 fully saturated rings. The number of hydrogen-bond donors (Lipinski definition) is 3. The normalized spacial score (nSPS) is 12.5. The Kier molecular flexibility index (Phi) is 4.86. The zero-order chi connectivity index (χ0) is 12.8. The van der Waals surface area contributed by atoms with Gasteiger partial charge in [0.05, 0.1) is 12.3 Å². The van der Waals surface area contributed by atoms with Crippen LogP contribution in [0.3, 0.4) is 0 Å². The van der Waals surface area contributed by atoms with Crippen LogP contribution >= 0.6 is 0 Å². The summed E-state index contributed by atoms with van der Waals surface area (Å²) in [4.78, 5) is 17.2. The second-order valence-electron chi connectivity index (χ2n) is 4.03. The Labute approximate surface area is 99.9 Å². The molecule has 0 aliphatic heterocycles. The molecule has 0 bridgehead atoms. The number of nitrogens with one attached hydrogen (secondary N) is 1. The summed E-state index contributed by atoms with van der Waals surface area (Å²) in [5.74, 6) is -0.364. The second kappa shape index (κ2) is 6.17. The van der Waals surface area contributed by atoms with Gasteiger partial charge in [0.15, 0.2) is 0 Å². The van der Waals surface area contributed by atoms with Crippen LogP contribution in [0.4, 0.5) is 0 Å². The number of carbonyl (C=O) groups is 1. The van der Waals surface area contributed by atoms with E-state index in [1.54, 1.807) is 0 Å². The van der Waals surface area contributed by atoms with E-state index in [1.165, 1.54) is 18.3 Å². The van der Waals surface area contributed by atoms with Crippen LogP contribution in [0, 0.1) is 0 Å². The summed E-state index contributed by atoms with van der Waals surface area (Å²) >= 11 is 0. The van der Waals surface area contributed by atoms with Crippen LogP contribution in [-0.2, 0) is 0 Å². The molecule has 0 radical (unpaired) electrons. The summed E-state index contributed by atoms with van der Waals surface area (Å²) in [5.41, 5.74) is 0.208. The third-order valence-electron chi connectivity index (χ3n) is 2.05. The van der Waals surface area contributed by atoms with Crippen LogP contribution in [0.2, 0.25) is 0 Å². The number of likely N-dealkylation sites (N-methyl/N-ethyl adjacent to an activating group) is 1. The Morgan fingerprint density at radius 2 is 2.24 bits per heavy atom. The minimum absolute atomic E-state index is 0.00851. The average Bonchev–Trinajstić information content (AvgIpc) is 2.26. The van der Waals surface area contributed by atoms with Crippen molar-refractivity contribution >= 4 is 5.91 Å². The SMILES string of the molecule is CN(C)CC(O)CNC(=O)c1ccc(O)cn1. The zero-order valence-corrected chi connectivity index (χ0v) is 9.92. The molecule has 0 spiro atoms. The Morgan fingerprint density at radius 1 is 1.53 bits per heavy atom. The second-order valence-corrected chi connectivity index (χ2v) is 4.03. The summed E-state index contributed by atoms with van der Waals surface area (Å²) in [7, 11) is 3.68. The summed E-state index contributed by atoms with van der Waals surface area (Å²) in [6.45, 7) is 0.642. The van der Waals surface area contributed by atoms with E-state index in [0.717, 1.165) is 0 Å². The fourth-order valence-electron chi connectivity index (χ4n) is 1.31. The van der Waals surface area contributed by atoms with E-state index < -0.39 is 6.10 Å². The molecule has 3 N–H and O–H groups in total. The van der Waals surface area contributed by atoms with Crippen molar-refractivity contribution < 1.29 is 15.0 Å². The first-order valence-corrected chi connectivity index (χ1v) is 5.25. The maximum Gasteiger partial charge on any atom is 0.269 e. The van der Waals surface area contributed by atoms with Crippen molar-refractivity contribution in [2.24, 2.45) is 0 Å². The number of aromatic nitrogens is 1. The van der Waals surface area contributed by atoms with Crippen molar-refractivity contribution in [3.05, 3.63) is 24.0 Å². The van der Waals surface area contributed by atoms with Gasteiger partial charge in [-0.15, -0.1) is 0 Å². The molecule has 1 heterocycles. The van der Waals surface area contributed by atoms with E-state index in [0.29, 0.717) is 6.54 Å². The number of hydrogen-bond acceptors (Lipinski definition) is 5. The number of nitrogens with zero attached hydrogens (tertiary/aromatic N) is 2.